The molecule has 9 heteroatoms. The number of benzene rings is 2. The van der Waals surface area contributed by atoms with Crippen LogP contribution >= 0.6 is 0 Å². The van der Waals surface area contributed by atoms with Crippen molar-refractivity contribution in [3.05, 3.63) is 83.2 Å². The summed E-state index contributed by atoms with van der Waals surface area (Å²) in [6.07, 6.45) is 3.32. The van der Waals surface area contributed by atoms with E-state index in [0.717, 1.165) is 5.56 Å². The maximum absolute atomic E-state index is 12.9. The average Bonchev–Trinajstić information content (AvgIpc) is 3.26. The van der Waals surface area contributed by atoms with Crippen LogP contribution in [0.25, 0.3) is 16.8 Å². The first-order valence-corrected chi connectivity index (χ1v) is 9.92. The Labute approximate surface area is 182 Å². The summed E-state index contributed by atoms with van der Waals surface area (Å²) in [5.74, 6) is 0.387. The van der Waals surface area contributed by atoms with Gasteiger partial charge in [0.25, 0.3) is 11.5 Å². The summed E-state index contributed by atoms with van der Waals surface area (Å²) >= 11 is 0. The van der Waals surface area contributed by atoms with Crippen molar-refractivity contribution in [3.63, 3.8) is 0 Å². The summed E-state index contributed by atoms with van der Waals surface area (Å²) in [5.41, 5.74) is 1.71. The molecule has 0 aliphatic carbocycles. The quantitative estimate of drug-likeness (QED) is 0.459. The molecule has 2 heterocycles. The number of halogens is 1. The van der Waals surface area contributed by atoms with Gasteiger partial charge in [-0.15, -0.1) is 0 Å². The number of carbonyl (C=O) groups excluding carboxylic acids is 1. The van der Waals surface area contributed by atoms with Crippen molar-refractivity contribution in [1.29, 1.82) is 0 Å². The molecule has 1 N–H and O–H groups in total. The zero-order valence-corrected chi connectivity index (χ0v) is 17.3. The van der Waals surface area contributed by atoms with Gasteiger partial charge in [0.05, 0.1) is 12.8 Å². The summed E-state index contributed by atoms with van der Waals surface area (Å²) in [7, 11) is 1.59. The van der Waals surface area contributed by atoms with E-state index in [-0.39, 0.29) is 37.0 Å². The normalized spacial score (nSPS) is 10.8. The molecule has 0 bridgehead atoms. The number of hydrogen-bond acceptors (Lipinski definition) is 5. The van der Waals surface area contributed by atoms with Crippen molar-refractivity contribution in [3.8, 4) is 22.8 Å². The standard InChI is InChI=1S/C23H21FN4O4/c1-31-19-4-2-3-16(13-19)20-14-21-23(30)27(11-12-28(21)26-20)10-9-25-22(29)15-32-18-7-5-17(24)6-8-18/h2-8,11-14H,9-10,15H2,1H3,(H,25,29). The van der Waals surface area contributed by atoms with E-state index in [2.05, 4.69) is 10.4 Å². The van der Waals surface area contributed by atoms with Crippen LogP contribution in [0.2, 0.25) is 0 Å². The minimum absolute atomic E-state index is 0.202. The Morgan fingerprint density at radius 3 is 2.69 bits per heavy atom. The molecule has 0 fully saturated rings. The van der Waals surface area contributed by atoms with Crippen LogP contribution in [-0.4, -0.2) is 40.3 Å². The van der Waals surface area contributed by atoms with E-state index >= 15 is 0 Å². The minimum atomic E-state index is -0.377. The molecule has 32 heavy (non-hydrogen) atoms. The lowest BCUT2D eigenvalue weighted by Crippen LogP contribution is -2.33. The van der Waals surface area contributed by atoms with Gasteiger partial charge in [0, 0.05) is 31.0 Å². The van der Waals surface area contributed by atoms with E-state index in [1.807, 2.05) is 24.3 Å². The van der Waals surface area contributed by atoms with Gasteiger partial charge in [-0.25, -0.2) is 8.91 Å². The Bertz CT molecular complexity index is 1300. The molecule has 0 unspecified atom stereocenters. The topological polar surface area (TPSA) is 86.9 Å². The number of hydrogen-bond donors (Lipinski definition) is 1. The molecule has 2 aromatic heterocycles. The molecular formula is C23H21FN4O4. The predicted octanol–water partition coefficient (Wildman–Crippen LogP) is 2.51. The molecule has 0 spiro atoms. The van der Waals surface area contributed by atoms with Crippen molar-refractivity contribution < 1.29 is 18.7 Å². The van der Waals surface area contributed by atoms with E-state index < -0.39 is 0 Å². The number of amides is 1. The summed E-state index contributed by atoms with van der Waals surface area (Å²) < 4.78 is 26.5. The molecule has 164 valence electrons. The highest BCUT2D eigenvalue weighted by molar-refractivity contribution is 5.77. The van der Waals surface area contributed by atoms with Gasteiger partial charge in [0.15, 0.2) is 6.61 Å². The van der Waals surface area contributed by atoms with Crippen LogP contribution in [0.5, 0.6) is 11.5 Å². The van der Waals surface area contributed by atoms with Gasteiger partial charge in [-0.3, -0.25) is 9.59 Å². The average molecular weight is 436 g/mol. The van der Waals surface area contributed by atoms with Crippen LogP contribution in [0.1, 0.15) is 0 Å². The van der Waals surface area contributed by atoms with Crippen molar-refractivity contribution in [1.82, 2.24) is 19.5 Å². The van der Waals surface area contributed by atoms with Crippen LogP contribution in [0.3, 0.4) is 0 Å². The van der Waals surface area contributed by atoms with Crippen molar-refractivity contribution in [2.75, 3.05) is 20.3 Å². The second-order valence-electron chi connectivity index (χ2n) is 6.98. The smallest absolute Gasteiger partial charge is 0.276 e. The lowest BCUT2D eigenvalue weighted by molar-refractivity contribution is -0.123. The molecule has 8 nitrogen and oxygen atoms in total. The third-order valence-electron chi connectivity index (χ3n) is 4.83. The summed E-state index contributed by atoms with van der Waals surface area (Å²) in [4.78, 5) is 24.8. The zero-order valence-electron chi connectivity index (χ0n) is 17.3. The van der Waals surface area contributed by atoms with Gasteiger partial charge in [-0.1, -0.05) is 12.1 Å². The highest BCUT2D eigenvalue weighted by Crippen LogP contribution is 2.23. The second-order valence-corrected chi connectivity index (χ2v) is 6.98. The molecule has 0 aliphatic rings. The fourth-order valence-corrected chi connectivity index (χ4v) is 3.17. The number of nitrogens with one attached hydrogen (secondary N) is 1. The van der Waals surface area contributed by atoms with Crippen molar-refractivity contribution in [2.45, 2.75) is 6.54 Å². The summed E-state index contributed by atoms with van der Waals surface area (Å²) in [6, 6.07) is 14.6. The molecule has 0 aliphatic heterocycles. The monoisotopic (exact) mass is 436 g/mol. The van der Waals surface area contributed by atoms with Gasteiger partial charge in [-0.05, 0) is 42.5 Å². The van der Waals surface area contributed by atoms with E-state index in [0.29, 0.717) is 22.7 Å². The maximum atomic E-state index is 12.9. The Hall–Kier alpha value is -4.14. The number of methoxy groups -OCH3 is 1. The Balaban J connectivity index is 1.38. The third kappa shape index (κ3) is 4.77. The van der Waals surface area contributed by atoms with Gasteiger partial charge < -0.3 is 19.4 Å². The second kappa shape index (κ2) is 9.34. The number of nitrogens with zero attached hydrogens (tertiary/aromatic N) is 3. The summed E-state index contributed by atoms with van der Waals surface area (Å²) in [6.45, 7) is 0.335. The van der Waals surface area contributed by atoms with Crippen LogP contribution in [0.4, 0.5) is 4.39 Å². The molecule has 0 radical (unpaired) electrons. The molecule has 1 amide bonds. The van der Waals surface area contributed by atoms with Crippen LogP contribution in [0.15, 0.2) is 71.8 Å². The van der Waals surface area contributed by atoms with E-state index in [9.17, 15) is 14.0 Å². The fraction of sp³-hybridized carbons (Fsp3) is 0.174. The molecule has 2 aromatic carbocycles. The molecular weight excluding hydrogens is 415 g/mol. The molecule has 0 saturated heterocycles. The van der Waals surface area contributed by atoms with Gasteiger partial charge in [-0.2, -0.15) is 5.10 Å². The maximum Gasteiger partial charge on any atom is 0.276 e. The predicted molar refractivity (Wildman–Crippen MR) is 116 cm³/mol. The van der Waals surface area contributed by atoms with Gasteiger partial charge >= 0.3 is 0 Å². The number of fused-ring (bicyclic) bond motifs is 1. The minimum Gasteiger partial charge on any atom is -0.497 e. The SMILES string of the molecule is COc1cccc(-c2cc3c(=O)n(CCNC(=O)COc4ccc(F)cc4)ccn3n2)c1. The molecule has 4 aromatic rings. The molecule has 0 atom stereocenters. The van der Waals surface area contributed by atoms with Crippen LogP contribution in [-0.2, 0) is 11.3 Å². The van der Waals surface area contributed by atoms with Crippen LogP contribution in [0, 0.1) is 5.82 Å². The Kier molecular flexibility index (Phi) is 6.16. The number of aromatic nitrogens is 3. The van der Waals surface area contributed by atoms with Gasteiger partial charge in [0.2, 0.25) is 0 Å². The highest BCUT2D eigenvalue weighted by atomic mass is 19.1. The summed E-state index contributed by atoms with van der Waals surface area (Å²) in [5, 5.41) is 7.16. The van der Waals surface area contributed by atoms with Gasteiger partial charge in [0.1, 0.15) is 22.8 Å². The number of carbonyl (C=O) groups is 1. The van der Waals surface area contributed by atoms with E-state index in [4.69, 9.17) is 9.47 Å². The first-order valence-electron chi connectivity index (χ1n) is 9.92. The Morgan fingerprint density at radius 1 is 1.09 bits per heavy atom. The van der Waals surface area contributed by atoms with Crippen molar-refractivity contribution >= 4 is 11.4 Å². The molecule has 0 saturated carbocycles. The third-order valence-corrected chi connectivity index (χ3v) is 4.83. The largest absolute Gasteiger partial charge is 0.497 e. The lowest BCUT2D eigenvalue weighted by Gasteiger charge is -2.09. The number of ether oxygens (including phenoxy) is 2. The van der Waals surface area contributed by atoms with E-state index in [1.54, 1.807) is 25.6 Å². The molecule has 4 rings (SSSR count). The zero-order chi connectivity index (χ0) is 22.5. The van der Waals surface area contributed by atoms with Crippen molar-refractivity contribution in [2.24, 2.45) is 0 Å². The number of rotatable bonds is 8. The highest BCUT2D eigenvalue weighted by Gasteiger charge is 2.10. The fourth-order valence-electron chi connectivity index (χ4n) is 3.17. The van der Waals surface area contributed by atoms with E-state index in [1.165, 1.54) is 33.3 Å². The van der Waals surface area contributed by atoms with Crippen LogP contribution < -0.4 is 20.3 Å². The lowest BCUT2D eigenvalue weighted by atomic mass is 10.1. The first-order chi connectivity index (χ1) is 15.5. The Morgan fingerprint density at radius 2 is 1.91 bits per heavy atom. The first kappa shape index (κ1) is 21.1.